The van der Waals surface area contributed by atoms with Gasteiger partial charge in [0.1, 0.15) is 12.0 Å². The van der Waals surface area contributed by atoms with Crippen molar-refractivity contribution in [1.29, 1.82) is 0 Å². The standard InChI is InChI=1S/C13H13ClN2O3/c1-2-3-13-15-12(16-19-13)8-18-11-5-4-9(7-17)6-10(11)14/h4-7H,2-3,8H2,1H3. The SMILES string of the molecule is CCCc1nc(COc2ccc(C=O)cc2Cl)no1. The van der Waals surface area contributed by atoms with Gasteiger partial charge in [0.2, 0.25) is 11.7 Å². The minimum Gasteiger partial charge on any atom is -0.484 e. The second-order valence-corrected chi connectivity index (χ2v) is 4.36. The maximum absolute atomic E-state index is 10.6. The molecule has 2 aromatic rings. The van der Waals surface area contributed by atoms with E-state index >= 15 is 0 Å². The normalized spacial score (nSPS) is 10.4. The number of carbonyl (C=O) groups excluding carboxylic acids is 1. The zero-order chi connectivity index (χ0) is 13.7. The Labute approximate surface area is 115 Å². The third-order valence-electron chi connectivity index (χ3n) is 2.42. The summed E-state index contributed by atoms with van der Waals surface area (Å²) in [6.45, 7) is 2.21. The van der Waals surface area contributed by atoms with Gasteiger partial charge in [0.15, 0.2) is 6.61 Å². The van der Waals surface area contributed by atoms with Crippen LogP contribution in [0.1, 0.15) is 35.4 Å². The van der Waals surface area contributed by atoms with E-state index in [9.17, 15) is 4.79 Å². The van der Waals surface area contributed by atoms with Crippen LogP contribution in [0.2, 0.25) is 5.02 Å². The molecule has 0 atom stereocenters. The van der Waals surface area contributed by atoms with Crippen molar-refractivity contribution in [2.45, 2.75) is 26.4 Å². The topological polar surface area (TPSA) is 65.2 Å². The van der Waals surface area contributed by atoms with Crippen LogP contribution in [-0.4, -0.2) is 16.4 Å². The fraction of sp³-hybridized carbons (Fsp3) is 0.308. The molecule has 19 heavy (non-hydrogen) atoms. The van der Waals surface area contributed by atoms with Gasteiger partial charge in [-0.1, -0.05) is 23.7 Å². The third-order valence-corrected chi connectivity index (χ3v) is 2.72. The van der Waals surface area contributed by atoms with Crippen molar-refractivity contribution in [3.8, 4) is 5.75 Å². The summed E-state index contributed by atoms with van der Waals surface area (Å²) in [5.74, 6) is 1.55. The van der Waals surface area contributed by atoms with Crippen LogP contribution in [0.25, 0.3) is 0 Å². The average molecular weight is 281 g/mol. The quantitative estimate of drug-likeness (QED) is 0.761. The summed E-state index contributed by atoms with van der Waals surface area (Å²) in [6.07, 6.45) is 2.43. The Hall–Kier alpha value is -1.88. The van der Waals surface area contributed by atoms with Crippen LogP contribution in [-0.2, 0) is 13.0 Å². The molecule has 0 aliphatic heterocycles. The molecule has 2 rings (SSSR count). The van der Waals surface area contributed by atoms with Gasteiger partial charge in [0.25, 0.3) is 0 Å². The van der Waals surface area contributed by atoms with Crippen LogP contribution in [0.5, 0.6) is 5.75 Å². The molecule has 0 unspecified atom stereocenters. The fourth-order valence-corrected chi connectivity index (χ4v) is 1.76. The highest BCUT2D eigenvalue weighted by Gasteiger charge is 2.08. The first-order chi connectivity index (χ1) is 9.22. The van der Waals surface area contributed by atoms with E-state index in [1.54, 1.807) is 18.2 Å². The number of carbonyl (C=O) groups is 1. The Morgan fingerprint density at radius 1 is 1.47 bits per heavy atom. The first kappa shape index (κ1) is 13.5. The van der Waals surface area contributed by atoms with E-state index in [0.29, 0.717) is 28.1 Å². The van der Waals surface area contributed by atoms with Crippen molar-refractivity contribution in [3.05, 3.63) is 40.5 Å². The Morgan fingerprint density at radius 2 is 2.32 bits per heavy atom. The smallest absolute Gasteiger partial charge is 0.226 e. The molecule has 0 amide bonds. The number of ether oxygens (including phenoxy) is 1. The molecule has 100 valence electrons. The molecular formula is C13H13ClN2O3. The lowest BCUT2D eigenvalue weighted by Gasteiger charge is -2.05. The van der Waals surface area contributed by atoms with Gasteiger partial charge in [-0.3, -0.25) is 4.79 Å². The van der Waals surface area contributed by atoms with E-state index in [-0.39, 0.29) is 6.61 Å². The summed E-state index contributed by atoms with van der Waals surface area (Å²) < 4.78 is 10.5. The molecule has 0 radical (unpaired) electrons. The first-order valence-corrected chi connectivity index (χ1v) is 6.29. The van der Waals surface area contributed by atoms with Gasteiger partial charge < -0.3 is 9.26 Å². The molecule has 1 aromatic carbocycles. The summed E-state index contributed by atoms with van der Waals surface area (Å²) >= 11 is 5.98. The maximum Gasteiger partial charge on any atom is 0.226 e. The Morgan fingerprint density at radius 3 is 3.00 bits per heavy atom. The van der Waals surface area contributed by atoms with Crippen molar-refractivity contribution < 1.29 is 14.1 Å². The fourth-order valence-electron chi connectivity index (χ4n) is 1.51. The van der Waals surface area contributed by atoms with E-state index in [0.717, 1.165) is 19.1 Å². The Bertz CT molecular complexity index is 569. The number of hydrogen-bond acceptors (Lipinski definition) is 5. The predicted octanol–water partition coefficient (Wildman–Crippen LogP) is 3.07. The van der Waals surface area contributed by atoms with Crippen LogP contribution in [0, 0.1) is 0 Å². The largest absolute Gasteiger partial charge is 0.484 e. The third kappa shape index (κ3) is 3.54. The maximum atomic E-state index is 10.6. The van der Waals surface area contributed by atoms with Crippen LogP contribution in [0.4, 0.5) is 0 Å². The van der Waals surface area contributed by atoms with Gasteiger partial charge in [0.05, 0.1) is 5.02 Å². The molecule has 0 aliphatic rings. The monoisotopic (exact) mass is 280 g/mol. The van der Waals surface area contributed by atoms with Crippen molar-refractivity contribution >= 4 is 17.9 Å². The number of rotatable bonds is 6. The molecule has 1 heterocycles. The number of hydrogen-bond donors (Lipinski definition) is 0. The van der Waals surface area contributed by atoms with Crippen molar-refractivity contribution in [2.75, 3.05) is 0 Å². The van der Waals surface area contributed by atoms with Gasteiger partial charge in [-0.2, -0.15) is 4.98 Å². The van der Waals surface area contributed by atoms with Crippen LogP contribution in [0.3, 0.4) is 0 Å². The molecule has 0 saturated carbocycles. The number of aromatic nitrogens is 2. The average Bonchev–Trinajstić information content (AvgIpc) is 2.85. The van der Waals surface area contributed by atoms with Gasteiger partial charge in [0, 0.05) is 12.0 Å². The number of aldehydes is 1. The minimum atomic E-state index is 0.174. The molecule has 0 aliphatic carbocycles. The molecule has 0 saturated heterocycles. The number of aryl methyl sites for hydroxylation is 1. The van der Waals surface area contributed by atoms with Crippen molar-refractivity contribution in [1.82, 2.24) is 10.1 Å². The summed E-state index contributed by atoms with van der Waals surface area (Å²) in [7, 11) is 0. The zero-order valence-electron chi connectivity index (χ0n) is 10.4. The lowest BCUT2D eigenvalue weighted by molar-refractivity contribution is 0.112. The Kier molecular flexibility index (Phi) is 4.52. The zero-order valence-corrected chi connectivity index (χ0v) is 11.2. The van der Waals surface area contributed by atoms with E-state index < -0.39 is 0 Å². The summed E-state index contributed by atoms with van der Waals surface area (Å²) in [6, 6.07) is 4.81. The minimum absolute atomic E-state index is 0.174. The van der Waals surface area contributed by atoms with Crippen LogP contribution >= 0.6 is 11.6 Å². The van der Waals surface area contributed by atoms with E-state index in [1.807, 2.05) is 6.92 Å². The molecular weight excluding hydrogens is 268 g/mol. The highest BCUT2D eigenvalue weighted by atomic mass is 35.5. The molecule has 0 fully saturated rings. The van der Waals surface area contributed by atoms with E-state index in [4.69, 9.17) is 20.9 Å². The van der Waals surface area contributed by atoms with Gasteiger partial charge >= 0.3 is 0 Å². The molecule has 5 nitrogen and oxygen atoms in total. The second kappa shape index (κ2) is 6.33. The van der Waals surface area contributed by atoms with Crippen LogP contribution < -0.4 is 4.74 Å². The van der Waals surface area contributed by atoms with Crippen molar-refractivity contribution in [2.24, 2.45) is 0 Å². The molecule has 1 aromatic heterocycles. The molecule has 0 spiro atoms. The summed E-state index contributed by atoms with van der Waals surface area (Å²) in [4.78, 5) is 14.8. The molecule has 0 bridgehead atoms. The van der Waals surface area contributed by atoms with Gasteiger partial charge in [-0.05, 0) is 24.6 Å². The highest BCUT2D eigenvalue weighted by Crippen LogP contribution is 2.25. The number of halogens is 1. The molecule has 6 heteroatoms. The van der Waals surface area contributed by atoms with E-state index in [1.165, 1.54) is 0 Å². The first-order valence-electron chi connectivity index (χ1n) is 5.92. The van der Waals surface area contributed by atoms with Crippen molar-refractivity contribution in [3.63, 3.8) is 0 Å². The summed E-state index contributed by atoms with van der Waals surface area (Å²) in [5.41, 5.74) is 0.502. The van der Waals surface area contributed by atoms with Crippen LogP contribution in [0.15, 0.2) is 22.7 Å². The highest BCUT2D eigenvalue weighted by molar-refractivity contribution is 6.32. The van der Waals surface area contributed by atoms with Gasteiger partial charge in [-0.15, -0.1) is 0 Å². The molecule has 0 N–H and O–H groups in total. The Balaban J connectivity index is 1.99. The number of benzene rings is 1. The lowest BCUT2D eigenvalue weighted by atomic mass is 10.2. The predicted molar refractivity (Wildman–Crippen MR) is 69.5 cm³/mol. The second-order valence-electron chi connectivity index (χ2n) is 3.95. The van der Waals surface area contributed by atoms with Gasteiger partial charge in [-0.25, -0.2) is 0 Å². The summed E-state index contributed by atoms with van der Waals surface area (Å²) in [5, 5.41) is 4.18. The van der Waals surface area contributed by atoms with E-state index in [2.05, 4.69) is 10.1 Å². The number of nitrogens with zero attached hydrogens (tertiary/aromatic N) is 2. The lowest BCUT2D eigenvalue weighted by Crippen LogP contribution is -1.98.